The minimum Gasteiger partial charge on any atom is -0.497 e. The number of thioether (sulfide) groups is 1. The van der Waals surface area contributed by atoms with Gasteiger partial charge in [-0.25, -0.2) is 4.68 Å². The average molecular weight is 581 g/mol. The van der Waals surface area contributed by atoms with Gasteiger partial charge in [0.1, 0.15) is 18.1 Å². The second kappa shape index (κ2) is 11.9. The van der Waals surface area contributed by atoms with Crippen LogP contribution in [0, 0.1) is 0 Å². The molecule has 0 aliphatic carbocycles. The van der Waals surface area contributed by atoms with E-state index in [0.29, 0.717) is 16.6 Å². The maximum absolute atomic E-state index is 13.7. The molecule has 5 rings (SSSR count). The molecule has 1 aliphatic heterocycles. The summed E-state index contributed by atoms with van der Waals surface area (Å²) in [5, 5.41) is 12.7. The lowest BCUT2D eigenvalue weighted by Crippen LogP contribution is -2.44. The van der Waals surface area contributed by atoms with Crippen molar-refractivity contribution >= 4 is 52.3 Å². The number of hydrogen-bond donors (Lipinski definition) is 1. The fourth-order valence-electron chi connectivity index (χ4n) is 4.50. The fourth-order valence-corrected chi connectivity index (χ4v) is 6.58. The molecule has 10 heteroatoms. The zero-order valence-electron chi connectivity index (χ0n) is 21.9. The first-order valence-corrected chi connectivity index (χ1v) is 15.0. The molecule has 2 aromatic carbocycles. The summed E-state index contributed by atoms with van der Waals surface area (Å²) in [5.74, 6) is 1.18. The molecule has 2 atom stereocenters. The Hall–Kier alpha value is -3.27. The Labute approximate surface area is 241 Å². The molecule has 0 fully saturated rings. The van der Waals surface area contributed by atoms with E-state index in [1.807, 2.05) is 67.8 Å². The van der Waals surface area contributed by atoms with E-state index < -0.39 is 0 Å². The van der Waals surface area contributed by atoms with Gasteiger partial charge in [0.2, 0.25) is 11.8 Å². The number of aromatic nitrogens is 2. The lowest BCUT2D eigenvalue weighted by atomic mass is 10.0. The molecule has 1 N–H and O–H groups in total. The third-order valence-corrected chi connectivity index (χ3v) is 8.90. The molecular formula is C29H29ClN4O3S2. The number of carbonyl (C=O) groups is 2. The first kappa shape index (κ1) is 27.3. The van der Waals surface area contributed by atoms with Crippen LogP contribution >= 0.6 is 34.7 Å². The molecule has 1 aliphatic rings. The number of ether oxygens (including phenoxy) is 1. The van der Waals surface area contributed by atoms with E-state index in [2.05, 4.69) is 16.8 Å². The Bertz CT molecular complexity index is 1450. The SMILES string of the molecule is CC[C@H](C)NC(=O)CN1C(=O)CS[C@@H](c2ccsc2)c2c(-c3ccc(Cl)cc3)nn(-c3ccc(OC)cc3)c21. The van der Waals surface area contributed by atoms with Crippen LogP contribution in [0.2, 0.25) is 5.02 Å². The number of hydrogen-bond acceptors (Lipinski definition) is 6. The van der Waals surface area contributed by atoms with E-state index in [1.165, 1.54) is 0 Å². The number of fused-ring (bicyclic) bond motifs is 1. The second-order valence-corrected chi connectivity index (χ2v) is 11.6. The smallest absolute Gasteiger partial charge is 0.240 e. The Morgan fingerprint density at radius 1 is 1.18 bits per heavy atom. The minimum absolute atomic E-state index is 0.00288. The van der Waals surface area contributed by atoms with Gasteiger partial charge in [-0.2, -0.15) is 16.4 Å². The number of nitrogens with zero attached hydrogens (tertiary/aromatic N) is 3. The third-order valence-electron chi connectivity index (χ3n) is 6.69. The van der Waals surface area contributed by atoms with Crippen molar-refractivity contribution in [3.8, 4) is 22.7 Å². The van der Waals surface area contributed by atoms with Gasteiger partial charge in [-0.1, -0.05) is 30.7 Å². The predicted octanol–water partition coefficient (Wildman–Crippen LogP) is 6.35. The van der Waals surface area contributed by atoms with Crippen molar-refractivity contribution in [3.63, 3.8) is 0 Å². The van der Waals surface area contributed by atoms with Crippen LogP contribution in [-0.4, -0.2) is 47.0 Å². The molecule has 0 radical (unpaired) electrons. The number of nitrogens with one attached hydrogen (secondary N) is 1. The highest BCUT2D eigenvalue weighted by atomic mass is 35.5. The van der Waals surface area contributed by atoms with Gasteiger partial charge in [-0.15, -0.1) is 11.8 Å². The van der Waals surface area contributed by atoms with E-state index in [1.54, 1.807) is 39.8 Å². The summed E-state index contributed by atoms with van der Waals surface area (Å²) in [6.45, 7) is 3.87. The highest BCUT2D eigenvalue weighted by Gasteiger charge is 2.38. The number of benzene rings is 2. The Kier molecular flexibility index (Phi) is 8.30. The van der Waals surface area contributed by atoms with Gasteiger partial charge in [0.05, 0.1) is 29.5 Å². The summed E-state index contributed by atoms with van der Waals surface area (Å²) in [6.07, 6.45) is 0.797. The molecule has 0 spiro atoms. The summed E-state index contributed by atoms with van der Waals surface area (Å²) in [4.78, 5) is 28.4. The fraction of sp³-hybridized carbons (Fsp3) is 0.276. The van der Waals surface area contributed by atoms with E-state index in [4.69, 9.17) is 21.4 Å². The van der Waals surface area contributed by atoms with E-state index >= 15 is 0 Å². The standard InChI is InChI=1S/C29H29ClN4O3S2/c1-4-18(2)31-24(35)15-33-25(36)17-39-28(20-13-14-38-16-20)26-27(19-5-7-21(30)8-6-19)32-34(29(26)33)22-9-11-23(37-3)12-10-22/h5-14,16,18,28H,4,15,17H2,1-3H3,(H,31,35)/t18-,28-/m0/s1. The van der Waals surface area contributed by atoms with Crippen LogP contribution in [0.1, 0.15) is 36.6 Å². The van der Waals surface area contributed by atoms with Crippen LogP contribution in [0.25, 0.3) is 16.9 Å². The van der Waals surface area contributed by atoms with E-state index in [0.717, 1.165) is 34.5 Å². The molecule has 3 heterocycles. The molecule has 4 aromatic rings. The number of thiophene rings is 1. The first-order valence-electron chi connectivity index (χ1n) is 12.7. The number of rotatable bonds is 8. The Morgan fingerprint density at radius 2 is 1.92 bits per heavy atom. The molecule has 7 nitrogen and oxygen atoms in total. The van der Waals surface area contributed by atoms with Crippen LogP contribution < -0.4 is 15.0 Å². The van der Waals surface area contributed by atoms with Gasteiger partial charge in [0.25, 0.3) is 0 Å². The van der Waals surface area contributed by atoms with Crippen LogP contribution in [0.3, 0.4) is 0 Å². The van der Waals surface area contributed by atoms with Crippen LogP contribution in [0.5, 0.6) is 5.75 Å². The number of halogens is 1. The van der Waals surface area contributed by atoms with Crippen molar-refractivity contribution in [1.82, 2.24) is 15.1 Å². The van der Waals surface area contributed by atoms with Crippen molar-refractivity contribution < 1.29 is 14.3 Å². The molecular weight excluding hydrogens is 552 g/mol. The van der Waals surface area contributed by atoms with Gasteiger partial charge >= 0.3 is 0 Å². The molecule has 0 bridgehead atoms. The monoisotopic (exact) mass is 580 g/mol. The highest BCUT2D eigenvalue weighted by molar-refractivity contribution is 8.00. The first-order chi connectivity index (χ1) is 18.9. The maximum atomic E-state index is 13.7. The van der Waals surface area contributed by atoms with Gasteiger partial charge < -0.3 is 10.1 Å². The number of amides is 2. The molecule has 202 valence electrons. The third kappa shape index (κ3) is 5.71. The topological polar surface area (TPSA) is 76.5 Å². The summed E-state index contributed by atoms with van der Waals surface area (Å²) in [6, 6.07) is 17.1. The molecule has 0 saturated carbocycles. The lowest BCUT2D eigenvalue weighted by molar-refractivity contribution is -0.123. The molecule has 39 heavy (non-hydrogen) atoms. The number of anilines is 1. The van der Waals surface area contributed by atoms with Crippen molar-refractivity contribution in [2.45, 2.75) is 31.6 Å². The maximum Gasteiger partial charge on any atom is 0.240 e. The largest absolute Gasteiger partial charge is 0.497 e. The van der Waals surface area contributed by atoms with Gasteiger partial charge in [-0.3, -0.25) is 14.5 Å². The molecule has 0 saturated heterocycles. The zero-order chi connectivity index (χ0) is 27.5. The van der Waals surface area contributed by atoms with Crippen LogP contribution in [0.15, 0.2) is 65.4 Å². The average Bonchev–Trinajstić information content (AvgIpc) is 3.59. The van der Waals surface area contributed by atoms with Gasteiger partial charge in [-0.05, 0) is 72.1 Å². The highest BCUT2D eigenvalue weighted by Crippen LogP contribution is 2.49. The number of methoxy groups -OCH3 is 1. The van der Waals surface area contributed by atoms with Crippen molar-refractivity contribution in [3.05, 3.63) is 81.5 Å². The summed E-state index contributed by atoms with van der Waals surface area (Å²) in [7, 11) is 1.62. The van der Waals surface area contributed by atoms with Crippen LogP contribution in [-0.2, 0) is 9.59 Å². The normalized spacial score (nSPS) is 15.9. The Balaban J connectivity index is 1.75. The summed E-state index contributed by atoms with van der Waals surface area (Å²) in [5.41, 5.74) is 4.35. The molecule has 2 amide bonds. The van der Waals surface area contributed by atoms with Crippen LogP contribution in [0.4, 0.5) is 5.82 Å². The van der Waals surface area contributed by atoms with Gasteiger partial charge in [0, 0.05) is 22.2 Å². The van der Waals surface area contributed by atoms with Crippen molar-refractivity contribution in [2.75, 3.05) is 24.3 Å². The predicted molar refractivity (Wildman–Crippen MR) is 159 cm³/mol. The van der Waals surface area contributed by atoms with E-state index in [-0.39, 0.29) is 35.4 Å². The zero-order valence-corrected chi connectivity index (χ0v) is 24.3. The minimum atomic E-state index is -0.210. The lowest BCUT2D eigenvalue weighted by Gasteiger charge is -2.24. The quantitative estimate of drug-likeness (QED) is 0.263. The summed E-state index contributed by atoms with van der Waals surface area (Å²) < 4.78 is 7.14. The Morgan fingerprint density at radius 3 is 2.56 bits per heavy atom. The molecule has 0 unspecified atom stereocenters. The van der Waals surface area contributed by atoms with E-state index in [9.17, 15) is 9.59 Å². The van der Waals surface area contributed by atoms with Gasteiger partial charge in [0.15, 0.2) is 0 Å². The number of carbonyl (C=O) groups excluding carboxylic acids is 2. The van der Waals surface area contributed by atoms with Crippen molar-refractivity contribution in [2.24, 2.45) is 0 Å². The second-order valence-electron chi connectivity index (χ2n) is 9.31. The van der Waals surface area contributed by atoms with Crippen molar-refractivity contribution in [1.29, 1.82) is 0 Å². The molecule has 2 aromatic heterocycles. The summed E-state index contributed by atoms with van der Waals surface area (Å²) >= 11 is 9.39.